The summed E-state index contributed by atoms with van der Waals surface area (Å²) >= 11 is 0. The number of anilines is 3. The number of aromatic nitrogens is 1. The third-order valence-corrected chi connectivity index (χ3v) is 18.9. The first kappa shape index (κ1) is 29.2. The Kier molecular flexibility index (Phi) is 5.04. The van der Waals surface area contributed by atoms with Gasteiger partial charge in [-0.25, -0.2) is 0 Å². The topological polar surface area (TPSA) is 21.3 Å². The molecule has 6 heterocycles. The molecule has 1 spiro atoms. The van der Waals surface area contributed by atoms with Gasteiger partial charge in [-0.2, -0.15) is 0 Å². The van der Waals surface area contributed by atoms with E-state index in [0.717, 1.165) is 11.2 Å². The molecule has 11 aromatic rings. The number of rotatable bonds is 0. The summed E-state index contributed by atoms with van der Waals surface area (Å²) in [6.07, 6.45) is 0. The first-order chi connectivity index (χ1) is 28.3. The second kappa shape index (κ2) is 9.83. The zero-order valence-electron chi connectivity index (χ0n) is 30.6. The fourth-order valence-corrected chi connectivity index (χ4v) is 17.6. The van der Waals surface area contributed by atoms with Crippen LogP contribution in [0.25, 0.3) is 76.8 Å². The van der Waals surface area contributed by atoms with Gasteiger partial charge in [0.25, 0.3) is 0 Å². The van der Waals surface area contributed by atoms with E-state index in [1.807, 2.05) is 0 Å². The highest BCUT2D eigenvalue weighted by Gasteiger charge is 2.57. The predicted octanol–water partition coefficient (Wildman–Crippen LogP) is 8.94. The van der Waals surface area contributed by atoms with Crippen molar-refractivity contribution in [1.29, 1.82) is 0 Å². The summed E-state index contributed by atoms with van der Waals surface area (Å²) in [6, 6.07) is 66.7. The Balaban J connectivity index is 1.19. The third-order valence-electron chi connectivity index (χ3n) is 13.9. The van der Waals surface area contributed by atoms with Gasteiger partial charge in [-0.15, -0.1) is 0 Å². The van der Waals surface area contributed by atoms with Crippen LogP contribution in [0.5, 0.6) is 0 Å². The second-order valence-electron chi connectivity index (χ2n) is 16.2. The van der Waals surface area contributed by atoms with E-state index in [-0.39, 0.29) is 6.85 Å². The third kappa shape index (κ3) is 3.15. The summed E-state index contributed by atoms with van der Waals surface area (Å²) in [6.45, 7) is -0.0569. The molecule has 2 aromatic heterocycles. The number of para-hydroxylation sites is 4. The molecule has 0 radical (unpaired) electrons. The minimum absolute atomic E-state index is 0.0569. The Morgan fingerprint density at radius 1 is 0.474 bits per heavy atom. The van der Waals surface area contributed by atoms with Gasteiger partial charge >= 0.3 is 6.85 Å². The van der Waals surface area contributed by atoms with Crippen LogP contribution >= 0.6 is 0 Å². The van der Waals surface area contributed by atoms with Crippen LogP contribution in [0.4, 0.5) is 17.1 Å². The highest BCUT2D eigenvalue weighted by atomic mass is 28.3. The summed E-state index contributed by atoms with van der Waals surface area (Å²) in [5.41, 5.74) is 16.3. The monoisotopic (exact) mass is 736 g/mol. The van der Waals surface area contributed by atoms with Gasteiger partial charge in [0.15, 0.2) is 8.07 Å². The smallest absolute Gasteiger partial charge is 0.333 e. The van der Waals surface area contributed by atoms with Crippen LogP contribution in [0.2, 0.25) is 0 Å². The minimum atomic E-state index is -2.78. The molecule has 260 valence electrons. The quantitative estimate of drug-likeness (QED) is 0.145. The fraction of sp³-hybridized carbons (Fsp3) is 0. The van der Waals surface area contributed by atoms with Crippen molar-refractivity contribution < 1.29 is 4.42 Å². The highest BCUT2D eigenvalue weighted by Crippen LogP contribution is 2.51. The Morgan fingerprint density at radius 2 is 1.14 bits per heavy atom. The largest absolute Gasteiger partial charge is 0.456 e. The summed E-state index contributed by atoms with van der Waals surface area (Å²) in [4.78, 5) is 2.63. The van der Waals surface area contributed by atoms with Crippen LogP contribution in [0.1, 0.15) is 0 Å². The van der Waals surface area contributed by atoms with Crippen molar-refractivity contribution in [1.82, 2.24) is 4.48 Å². The van der Waals surface area contributed by atoms with E-state index in [4.69, 9.17) is 4.42 Å². The zero-order chi connectivity index (χ0) is 36.7. The van der Waals surface area contributed by atoms with Crippen LogP contribution in [0.15, 0.2) is 180 Å². The molecule has 0 fully saturated rings. The summed E-state index contributed by atoms with van der Waals surface area (Å²) in [5.74, 6) is 0. The molecular formula is C52H29BN2OSi. The Hall–Kier alpha value is -7.08. The van der Waals surface area contributed by atoms with Gasteiger partial charge in [0.2, 0.25) is 0 Å². The van der Waals surface area contributed by atoms with Gasteiger partial charge in [-0.1, -0.05) is 152 Å². The van der Waals surface area contributed by atoms with Crippen LogP contribution in [0.3, 0.4) is 0 Å². The molecule has 4 aliphatic heterocycles. The lowest BCUT2D eigenvalue weighted by atomic mass is 9.45. The first-order valence-corrected chi connectivity index (χ1v) is 22.0. The lowest BCUT2D eigenvalue weighted by Gasteiger charge is -2.48. The molecule has 0 aliphatic carbocycles. The van der Waals surface area contributed by atoms with Gasteiger partial charge in [0.05, 0.1) is 0 Å². The van der Waals surface area contributed by atoms with E-state index in [1.54, 1.807) is 0 Å². The maximum Gasteiger partial charge on any atom is 0.333 e. The average molecular weight is 737 g/mol. The van der Waals surface area contributed by atoms with E-state index in [2.05, 4.69) is 185 Å². The molecule has 5 heteroatoms. The highest BCUT2D eigenvalue weighted by molar-refractivity contribution is 7.24. The van der Waals surface area contributed by atoms with Crippen molar-refractivity contribution in [3.8, 4) is 22.3 Å². The molecule has 0 saturated carbocycles. The van der Waals surface area contributed by atoms with Gasteiger partial charge < -0.3 is 13.8 Å². The average Bonchev–Trinajstić information content (AvgIpc) is 3.91. The maximum atomic E-state index is 6.90. The van der Waals surface area contributed by atoms with Crippen molar-refractivity contribution >= 4 is 118 Å². The number of nitrogens with zero attached hydrogens (tertiary/aromatic N) is 2. The molecule has 0 saturated heterocycles. The molecule has 15 rings (SSSR count). The summed E-state index contributed by atoms with van der Waals surface area (Å²) in [5, 5.41) is 13.5. The van der Waals surface area contributed by atoms with Crippen molar-refractivity contribution in [3.05, 3.63) is 176 Å². The van der Waals surface area contributed by atoms with Crippen molar-refractivity contribution in [3.63, 3.8) is 0 Å². The van der Waals surface area contributed by atoms with Gasteiger partial charge in [-0.05, 0) is 77.3 Å². The van der Waals surface area contributed by atoms with E-state index >= 15 is 0 Å². The normalized spacial score (nSPS) is 14.7. The van der Waals surface area contributed by atoms with Crippen LogP contribution in [0, 0.1) is 0 Å². The molecule has 0 bridgehead atoms. The molecule has 0 atom stereocenters. The molecular weight excluding hydrogens is 707 g/mol. The number of fused-ring (bicyclic) bond motifs is 22. The van der Waals surface area contributed by atoms with Crippen LogP contribution in [-0.4, -0.2) is 19.4 Å². The number of furan rings is 1. The Labute approximate surface area is 328 Å². The standard InChI is InChI=1S/C52H29BN2OSi/c1-2-14-31-30(13-1)27-28-39-47(31)35-18-11-19-36-49-48-34-17-3-7-22-41(34)56-42(48)29-40-50(49)53(55(39)51(35)36)37-20-12-26-46-52(37)54(40)38-21-6-10-25-45(38)57(46)43-23-8-4-15-32(43)33-16-5-9-24-44(33)57/h1-29H. The number of hydrogen-bond donors (Lipinski definition) is 0. The first-order valence-electron chi connectivity index (χ1n) is 20.0. The summed E-state index contributed by atoms with van der Waals surface area (Å²) < 4.78 is 9.61. The Morgan fingerprint density at radius 3 is 2.00 bits per heavy atom. The van der Waals surface area contributed by atoms with E-state index in [1.165, 1.54) is 114 Å². The van der Waals surface area contributed by atoms with Gasteiger partial charge in [-0.3, -0.25) is 0 Å². The lowest BCUT2D eigenvalue weighted by Crippen LogP contribution is -2.77. The second-order valence-corrected chi connectivity index (χ2v) is 19.9. The summed E-state index contributed by atoms with van der Waals surface area (Å²) in [7, 11) is -2.78. The fourth-order valence-electron chi connectivity index (χ4n) is 12.0. The molecule has 3 nitrogen and oxygen atoms in total. The molecule has 9 aromatic carbocycles. The van der Waals surface area contributed by atoms with E-state index in [9.17, 15) is 0 Å². The molecule has 0 unspecified atom stereocenters. The molecule has 57 heavy (non-hydrogen) atoms. The van der Waals surface area contributed by atoms with E-state index < -0.39 is 8.07 Å². The SMILES string of the molecule is c1ccc2c(c1)-c1ccccc1[Si]21c2ccccc2N2c3cc4oc5ccccc5c4c4c3B(c3cccc1c32)n1c2ccc3ccccc3c2c2cccc-4c21. The molecule has 0 amide bonds. The number of benzene rings is 9. The maximum absolute atomic E-state index is 6.90. The predicted molar refractivity (Wildman–Crippen MR) is 241 cm³/mol. The van der Waals surface area contributed by atoms with Gasteiger partial charge in [0, 0.05) is 61.3 Å². The van der Waals surface area contributed by atoms with Crippen molar-refractivity contribution in [2.24, 2.45) is 0 Å². The van der Waals surface area contributed by atoms with Crippen molar-refractivity contribution in [2.75, 3.05) is 4.90 Å². The Bertz CT molecular complexity index is 3640. The zero-order valence-corrected chi connectivity index (χ0v) is 31.6. The minimum Gasteiger partial charge on any atom is -0.456 e. The van der Waals surface area contributed by atoms with Crippen LogP contribution < -0.4 is 36.6 Å². The molecule has 0 N–H and O–H groups in total. The van der Waals surface area contributed by atoms with Crippen molar-refractivity contribution in [2.45, 2.75) is 0 Å². The lowest BCUT2D eigenvalue weighted by molar-refractivity contribution is 0.669. The van der Waals surface area contributed by atoms with E-state index in [0.29, 0.717) is 0 Å². The number of hydrogen-bond acceptors (Lipinski definition) is 2. The van der Waals surface area contributed by atoms with Gasteiger partial charge in [0.1, 0.15) is 11.2 Å². The van der Waals surface area contributed by atoms with Crippen LogP contribution in [-0.2, 0) is 0 Å². The molecule has 4 aliphatic rings.